The topological polar surface area (TPSA) is 92.9 Å². The molecular formula is C19H19FN2O4. The predicted octanol–water partition coefficient (Wildman–Crippen LogP) is 1.91. The Morgan fingerprint density at radius 2 is 1.69 bits per heavy atom. The van der Waals surface area contributed by atoms with Crippen molar-refractivity contribution in [2.24, 2.45) is 5.73 Å². The van der Waals surface area contributed by atoms with Gasteiger partial charge in [-0.3, -0.25) is 9.59 Å². The zero-order chi connectivity index (χ0) is 18.7. The average molecular weight is 358 g/mol. The molecule has 1 fully saturated rings. The zero-order valence-corrected chi connectivity index (χ0v) is 14.0. The number of likely N-dealkylation sites (tertiary alicyclic amines) is 1. The fourth-order valence-electron chi connectivity index (χ4n) is 3.38. The van der Waals surface area contributed by atoms with Gasteiger partial charge in [0.1, 0.15) is 29.5 Å². The molecular weight excluding hydrogens is 339 g/mol. The van der Waals surface area contributed by atoms with Crippen molar-refractivity contribution in [3.63, 3.8) is 0 Å². The summed E-state index contributed by atoms with van der Waals surface area (Å²) in [5, 5.41) is 9.19. The Balaban J connectivity index is 1.88. The lowest BCUT2D eigenvalue weighted by atomic mass is 9.86. The monoisotopic (exact) mass is 358 g/mol. The van der Waals surface area contributed by atoms with Crippen LogP contribution in [0.4, 0.5) is 4.39 Å². The maximum Gasteiger partial charge on any atom is 0.249 e. The number of carbonyl (C=O) groups excluding carboxylic acids is 2. The van der Waals surface area contributed by atoms with Crippen LogP contribution in [0.15, 0.2) is 48.5 Å². The quantitative estimate of drug-likeness (QED) is 0.854. The summed E-state index contributed by atoms with van der Waals surface area (Å²) in [6.07, 6.45) is 1.01. The highest BCUT2D eigenvalue weighted by molar-refractivity contribution is 5.92. The van der Waals surface area contributed by atoms with Gasteiger partial charge in [0.05, 0.1) is 0 Å². The van der Waals surface area contributed by atoms with E-state index in [2.05, 4.69) is 0 Å². The van der Waals surface area contributed by atoms with Crippen LogP contribution in [0.2, 0.25) is 0 Å². The van der Waals surface area contributed by atoms with E-state index >= 15 is 0 Å². The van der Waals surface area contributed by atoms with Gasteiger partial charge in [-0.2, -0.15) is 0 Å². The number of halogens is 1. The number of amides is 2. The van der Waals surface area contributed by atoms with Gasteiger partial charge in [-0.05, 0) is 54.8 Å². The Kier molecular flexibility index (Phi) is 4.90. The smallest absolute Gasteiger partial charge is 0.249 e. The molecule has 2 aromatic rings. The second kappa shape index (κ2) is 7.13. The van der Waals surface area contributed by atoms with Gasteiger partial charge in [-0.15, -0.1) is 0 Å². The van der Waals surface area contributed by atoms with Gasteiger partial charge >= 0.3 is 0 Å². The number of ether oxygens (including phenoxy) is 1. The summed E-state index contributed by atoms with van der Waals surface area (Å²) >= 11 is 0. The molecule has 1 atom stereocenters. The second-order valence-corrected chi connectivity index (χ2v) is 6.11. The number of nitrogens with two attached hydrogens (primary N) is 1. The first-order valence-electron chi connectivity index (χ1n) is 8.22. The van der Waals surface area contributed by atoms with Crippen molar-refractivity contribution in [1.82, 2.24) is 4.90 Å². The fraction of sp³-hybridized carbons (Fsp3) is 0.263. The molecule has 2 amide bonds. The molecule has 1 saturated heterocycles. The summed E-state index contributed by atoms with van der Waals surface area (Å²) in [5.41, 5.74) is 4.94. The first-order chi connectivity index (χ1) is 12.5. The molecule has 0 saturated carbocycles. The van der Waals surface area contributed by atoms with Crippen molar-refractivity contribution in [1.29, 1.82) is 0 Å². The number of hydrogen-bond donors (Lipinski definition) is 2. The highest BCUT2D eigenvalue weighted by Crippen LogP contribution is 2.39. The van der Waals surface area contributed by atoms with Crippen molar-refractivity contribution < 1.29 is 23.8 Å². The number of carbonyl (C=O) groups is 2. The summed E-state index contributed by atoms with van der Waals surface area (Å²) < 4.78 is 18.6. The first-order valence-corrected chi connectivity index (χ1v) is 8.22. The number of rotatable bonds is 5. The van der Waals surface area contributed by atoms with Gasteiger partial charge in [0.2, 0.25) is 11.8 Å². The SMILES string of the molecule is NC(=O)C1(c2ccc(Oc3ccc(F)cc3)cc2)CCCN1C(=O)CO. The van der Waals surface area contributed by atoms with Crippen molar-refractivity contribution in [2.75, 3.05) is 13.2 Å². The minimum absolute atomic E-state index is 0.356. The van der Waals surface area contributed by atoms with Crippen LogP contribution in [0, 0.1) is 5.82 Å². The van der Waals surface area contributed by atoms with Crippen LogP contribution in [0.1, 0.15) is 18.4 Å². The van der Waals surface area contributed by atoms with E-state index in [1.807, 2.05) is 0 Å². The van der Waals surface area contributed by atoms with E-state index in [4.69, 9.17) is 10.5 Å². The molecule has 136 valence electrons. The lowest BCUT2D eigenvalue weighted by molar-refractivity contribution is -0.146. The van der Waals surface area contributed by atoms with E-state index in [-0.39, 0.29) is 5.82 Å². The molecule has 1 unspecified atom stereocenters. The van der Waals surface area contributed by atoms with Crippen molar-refractivity contribution in [3.05, 3.63) is 59.9 Å². The highest BCUT2D eigenvalue weighted by atomic mass is 19.1. The summed E-state index contributed by atoms with van der Waals surface area (Å²) in [5.74, 6) is -0.553. The van der Waals surface area contributed by atoms with E-state index in [0.29, 0.717) is 36.4 Å². The Bertz CT molecular complexity index is 807. The van der Waals surface area contributed by atoms with Crippen molar-refractivity contribution in [3.8, 4) is 11.5 Å². The largest absolute Gasteiger partial charge is 0.457 e. The second-order valence-electron chi connectivity index (χ2n) is 6.11. The highest BCUT2D eigenvalue weighted by Gasteiger charge is 2.49. The molecule has 26 heavy (non-hydrogen) atoms. The standard InChI is InChI=1S/C19H19FN2O4/c20-14-4-8-16(9-5-14)26-15-6-2-13(3-7-15)19(18(21)25)10-1-11-22(19)17(24)12-23/h2-9,23H,1,10-12H2,(H2,21,25). The van der Waals surface area contributed by atoms with Crippen LogP contribution in [-0.2, 0) is 15.1 Å². The number of benzene rings is 2. The number of primary amides is 1. The normalized spacial score (nSPS) is 19.4. The molecule has 3 N–H and O–H groups in total. The molecule has 0 radical (unpaired) electrons. The zero-order valence-electron chi connectivity index (χ0n) is 14.0. The van der Waals surface area contributed by atoms with Gasteiger partial charge < -0.3 is 20.5 Å². The third kappa shape index (κ3) is 3.13. The molecule has 3 rings (SSSR count). The Hall–Kier alpha value is -2.93. The van der Waals surface area contributed by atoms with Gasteiger partial charge in [-0.1, -0.05) is 12.1 Å². The van der Waals surface area contributed by atoms with E-state index < -0.39 is 24.0 Å². The molecule has 7 heteroatoms. The Labute approximate surface area is 150 Å². The molecule has 0 bridgehead atoms. The van der Waals surface area contributed by atoms with E-state index in [1.165, 1.54) is 29.2 Å². The minimum atomic E-state index is -1.27. The van der Waals surface area contributed by atoms with Gasteiger partial charge in [0.15, 0.2) is 0 Å². The van der Waals surface area contributed by atoms with Crippen molar-refractivity contribution in [2.45, 2.75) is 18.4 Å². The van der Waals surface area contributed by atoms with E-state index in [0.717, 1.165) is 0 Å². The fourth-order valence-corrected chi connectivity index (χ4v) is 3.38. The number of hydrogen-bond acceptors (Lipinski definition) is 4. The van der Waals surface area contributed by atoms with E-state index in [9.17, 15) is 19.1 Å². The molecule has 1 aliphatic heterocycles. The summed E-state index contributed by atoms with van der Waals surface area (Å²) in [6.45, 7) is -0.322. The first kappa shape index (κ1) is 17.9. The Morgan fingerprint density at radius 1 is 1.12 bits per heavy atom. The number of aliphatic hydroxyl groups is 1. The van der Waals surface area contributed by atoms with Crippen LogP contribution < -0.4 is 10.5 Å². The van der Waals surface area contributed by atoms with Gasteiger partial charge in [-0.25, -0.2) is 4.39 Å². The number of aliphatic hydroxyl groups excluding tert-OH is 1. The molecule has 1 aliphatic rings. The molecule has 6 nitrogen and oxygen atoms in total. The van der Waals surface area contributed by atoms with Crippen LogP contribution >= 0.6 is 0 Å². The van der Waals surface area contributed by atoms with E-state index in [1.54, 1.807) is 24.3 Å². The van der Waals surface area contributed by atoms with Crippen LogP contribution in [0.25, 0.3) is 0 Å². The minimum Gasteiger partial charge on any atom is -0.457 e. The summed E-state index contributed by atoms with van der Waals surface area (Å²) in [4.78, 5) is 25.6. The molecule has 0 aromatic heterocycles. The van der Waals surface area contributed by atoms with Crippen LogP contribution in [0.5, 0.6) is 11.5 Å². The maximum absolute atomic E-state index is 13.0. The van der Waals surface area contributed by atoms with Gasteiger partial charge in [0, 0.05) is 6.54 Å². The Morgan fingerprint density at radius 3 is 2.23 bits per heavy atom. The molecule has 2 aromatic carbocycles. The maximum atomic E-state index is 13.0. The molecule has 0 spiro atoms. The lowest BCUT2D eigenvalue weighted by Gasteiger charge is -2.36. The van der Waals surface area contributed by atoms with Crippen LogP contribution in [-0.4, -0.2) is 35.0 Å². The molecule has 1 heterocycles. The van der Waals surface area contributed by atoms with Crippen LogP contribution in [0.3, 0.4) is 0 Å². The van der Waals surface area contributed by atoms with Crippen molar-refractivity contribution >= 4 is 11.8 Å². The average Bonchev–Trinajstić information content (AvgIpc) is 3.10. The predicted molar refractivity (Wildman–Crippen MR) is 91.8 cm³/mol. The third-order valence-corrected chi connectivity index (χ3v) is 4.61. The molecule has 0 aliphatic carbocycles. The van der Waals surface area contributed by atoms with Gasteiger partial charge in [0.25, 0.3) is 0 Å². The summed E-state index contributed by atoms with van der Waals surface area (Å²) in [7, 11) is 0. The number of nitrogens with zero attached hydrogens (tertiary/aromatic N) is 1. The third-order valence-electron chi connectivity index (χ3n) is 4.61. The summed E-state index contributed by atoms with van der Waals surface area (Å²) in [6, 6.07) is 12.3. The lowest BCUT2D eigenvalue weighted by Crippen LogP contribution is -2.54.